The minimum Gasteiger partial charge on any atom is -0.367 e. The number of hydrogen-bond donors (Lipinski definition) is 3. The summed E-state index contributed by atoms with van der Waals surface area (Å²) in [7, 11) is 2.01. The molecule has 0 atom stereocenters. The fourth-order valence-corrected chi connectivity index (χ4v) is 2.67. The van der Waals surface area contributed by atoms with Gasteiger partial charge in [0.05, 0.1) is 11.9 Å². The quantitative estimate of drug-likeness (QED) is 0.753. The van der Waals surface area contributed by atoms with E-state index in [0.717, 1.165) is 18.1 Å². The molecule has 0 bridgehead atoms. The van der Waals surface area contributed by atoms with E-state index >= 15 is 0 Å². The molecule has 1 aliphatic carbocycles. The van der Waals surface area contributed by atoms with Gasteiger partial charge < -0.3 is 15.3 Å². The predicted molar refractivity (Wildman–Crippen MR) is 67.8 cm³/mol. The molecule has 4 nitrogen and oxygen atoms in total. The van der Waals surface area contributed by atoms with Crippen LogP contribution >= 0.6 is 0 Å². The second kappa shape index (κ2) is 4.04. The van der Waals surface area contributed by atoms with E-state index in [9.17, 15) is 0 Å². The van der Waals surface area contributed by atoms with Crippen molar-refractivity contribution in [2.45, 2.75) is 24.7 Å². The molecular formula is C13H18N4. The van der Waals surface area contributed by atoms with Crippen LogP contribution in [0.25, 0.3) is 11.3 Å². The van der Waals surface area contributed by atoms with Crippen LogP contribution in [0.2, 0.25) is 0 Å². The summed E-state index contributed by atoms with van der Waals surface area (Å²) in [5, 5.41) is 3.29. The van der Waals surface area contributed by atoms with Gasteiger partial charge in [-0.15, -0.1) is 0 Å². The van der Waals surface area contributed by atoms with E-state index in [1.54, 1.807) is 0 Å². The molecule has 17 heavy (non-hydrogen) atoms. The first-order chi connectivity index (χ1) is 8.34. The first-order valence-corrected chi connectivity index (χ1v) is 6.17. The summed E-state index contributed by atoms with van der Waals surface area (Å²) in [6.07, 6.45) is 9.63. The Balaban J connectivity index is 1.89. The number of hydrogen-bond acceptors (Lipinski definition) is 2. The molecule has 0 aliphatic heterocycles. The first kappa shape index (κ1) is 10.6. The zero-order valence-corrected chi connectivity index (χ0v) is 10.1. The molecule has 0 spiro atoms. The highest BCUT2D eigenvalue weighted by atomic mass is 15.0. The minimum absolute atomic E-state index is 0.239. The Labute approximate surface area is 101 Å². The average Bonchev–Trinajstić information content (AvgIpc) is 2.92. The second-order valence-corrected chi connectivity index (χ2v) is 4.91. The third-order valence-electron chi connectivity index (χ3n) is 3.81. The zero-order chi connectivity index (χ0) is 11.7. The van der Waals surface area contributed by atoms with E-state index in [0.29, 0.717) is 0 Å². The molecule has 1 aliphatic rings. The summed E-state index contributed by atoms with van der Waals surface area (Å²) in [5.41, 5.74) is 2.51. The van der Waals surface area contributed by atoms with Gasteiger partial charge in [-0.1, -0.05) is 6.42 Å². The van der Waals surface area contributed by atoms with Crippen LogP contribution in [0.3, 0.4) is 0 Å². The Morgan fingerprint density at radius 1 is 1.47 bits per heavy atom. The van der Waals surface area contributed by atoms with Gasteiger partial charge in [0.25, 0.3) is 0 Å². The molecular weight excluding hydrogens is 212 g/mol. The maximum absolute atomic E-state index is 4.58. The number of aromatic nitrogens is 3. The first-order valence-electron chi connectivity index (χ1n) is 6.17. The van der Waals surface area contributed by atoms with Crippen molar-refractivity contribution in [1.29, 1.82) is 0 Å². The van der Waals surface area contributed by atoms with Gasteiger partial charge in [-0.05, 0) is 26.0 Å². The summed E-state index contributed by atoms with van der Waals surface area (Å²) in [5.74, 6) is 1.13. The lowest BCUT2D eigenvalue weighted by atomic mass is 9.68. The highest BCUT2D eigenvalue weighted by Gasteiger charge is 2.40. The molecule has 3 rings (SSSR count). The monoisotopic (exact) mass is 230 g/mol. The van der Waals surface area contributed by atoms with Crippen LogP contribution in [0, 0.1) is 0 Å². The van der Waals surface area contributed by atoms with Crippen molar-refractivity contribution >= 4 is 0 Å². The number of likely N-dealkylation sites (N-methyl/N-ethyl adjacent to an activating group) is 1. The van der Waals surface area contributed by atoms with Crippen molar-refractivity contribution in [3.8, 4) is 11.3 Å². The Hall–Kier alpha value is -1.55. The number of imidazole rings is 1. The fraction of sp³-hybridized carbons (Fsp3) is 0.462. The zero-order valence-electron chi connectivity index (χ0n) is 10.1. The highest BCUT2D eigenvalue weighted by molar-refractivity contribution is 5.57. The average molecular weight is 230 g/mol. The van der Waals surface area contributed by atoms with Crippen LogP contribution in [0.4, 0.5) is 0 Å². The standard InChI is InChI=1S/C13H18N4/c1-14-9-13(4-2-5-13)12-16-8-11(17-12)10-3-6-15-7-10/h3,6-8,14-15H,2,4-5,9H2,1H3,(H,16,17). The smallest absolute Gasteiger partial charge is 0.114 e. The number of rotatable bonds is 4. The molecule has 1 saturated carbocycles. The molecule has 90 valence electrons. The maximum atomic E-state index is 4.58. The van der Waals surface area contributed by atoms with Crippen molar-refractivity contribution in [2.75, 3.05) is 13.6 Å². The van der Waals surface area contributed by atoms with Gasteiger partial charge in [-0.2, -0.15) is 0 Å². The van der Waals surface area contributed by atoms with E-state index in [1.165, 1.54) is 24.8 Å². The number of aromatic amines is 2. The Kier molecular flexibility index (Phi) is 2.52. The van der Waals surface area contributed by atoms with Gasteiger partial charge in [0, 0.05) is 29.9 Å². The molecule has 2 aromatic heterocycles. The maximum Gasteiger partial charge on any atom is 0.114 e. The van der Waals surface area contributed by atoms with Crippen LogP contribution in [0.15, 0.2) is 24.7 Å². The van der Waals surface area contributed by atoms with Gasteiger partial charge in [0.1, 0.15) is 5.82 Å². The largest absolute Gasteiger partial charge is 0.367 e. The van der Waals surface area contributed by atoms with Crippen LogP contribution in [-0.4, -0.2) is 28.5 Å². The Morgan fingerprint density at radius 3 is 2.94 bits per heavy atom. The van der Waals surface area contributed by atoms with Crippen LogP contribution in [0.5, 0.6) is 0 Å². The molecule has 4 heteroatoms. The van der Waals surface area contributed by atoms with Crippen LogP contribution < -0.4 is 5.32 Å². The Bertz CT molecular complexity index is 479. The summed E-state index contributed by atoms with van der Waals surface area (Å²) >= 11 is 0. The molecule has 2 aromatic rings. The molecule has 0 saturated heterocycles. The van der Waals surface area contributed by atoms with Gasteiger partial charge in [0.2, 0.25) is 0 Å². The topological polar surface area (TPSA) is 56.5 Å². The molecule has 3 N–H and O–H groups in total. The van der Waals surface area contributed by atoms with E-state index in [-0.39, 0.29) is 5.41 Å². The lowest BCUT2D eigenvalue weighted by molar-refractivity contribution is 0.226. The number of nitrogens with zero attached hydrogens (tertiary/aromatic N) is 1. The fourth-order valence-electron chi connectivity index (χ4n) is 2.67. The molecule has 1 fully saturated rings. The number of nitrogens with one attached hydrogen (secondary N) is 3. The number of H-pyrrole nitrogens is 2. The molecule has 0 amide bonds. The van der Waals surface area contributed by atoms with Crippen molar-refractivity contribution in [3.05, 3.63) is 30.5 Å². The van der Waals surface area contributed by atoms with Gasteiger partial charge in [-0.25, -0.2) is 4.98 Å². The third kappa shape index (κ3) is 1.69. The Morgan fingerprint density at radius 2 is 2.35 bits per heavy atom. The second-order valence-electron chi connectivity index (χ2n) is 4.91. The summed E-state index contributed by atoms with van der Waals surface area (Å²) < 4.78 is 0. The van der Waals surface area contributed by atoms with E-state index in [4.69, 9.17) is 0 Å². The van der Waals surface area contributed by atoms with Crippen molar-refractivity contribution < 1.29 is 0 Å². The van der Waals surface area contributed by atoms with Gasteiger partial charge >= 0.3 is 0 Å². The summed E-state index contributed by atoms with van der Waals surface area (Å²) in [6.45, 7) is 1.01. The summed E-state index contributed by atoms with van der Waals surface area (Å²) in [4.78, 5) is 11.1. The minimum atomic E-state index is 0.239. The molecule has 2 heterocycles. The van der Waals surface area contributed by atoms with Crippen LogP contribution in [0.1, 0.15) is 25.1 Å². The normalized spacial score (nSPS) is 17.9. The van der Waals surface area contributed by atoms with Crippen molar-refractivity contribution in [1.82, 2.24) is 20.3 Å². The predicted octanol–water partition coefficient (Wildman–Crippen LogP) is 2.05. The van der Waals surface area contributed by atoms with Gasteiger partial charge in [-0.3, -0.25) is 0 Å². The highest BCUT2D eigenvalue weighted by Crippen LogP contribution is 2.42. The summed E-state index contributed by atoms with van der Waals surface area (Å²) in [6, 6.07) is 2.06. The van der Waals surface area contributed by atoms with E-state index in [1.807, 2.05) is 25.6 Å². The van der Waals surface area contributed by atoms with Gasteiger partial charge in [0.15, 0.2) is 0 Å². The lowest BCUT2D eigenvalue weighted by Gasteiger charge is -2.40. The van der Waals surface area contributed by atoms with E-state index in [2.05, 4.69) is 26.3 Å². The SMILES string of the molecule is CNCC1(c2ncc(-c3cc[nH]c3)[nH]2)CCC1. The molecule has 0 unspecified atom stereocenters. The van der Waals surface area contributed by atoms with Crippen molar-refractivity contribution in [2.24, 2.45) is 0 Å². The molecule has 0 radical (unpaired) electrons. The van der Waals surface area contributed by atoms with E-state index < -0.39 is 0 Å². The third-order valence-corrected chi connectivity index (χ3v) is 3.81. The lowest BCUT2D eigenvalue weighted by Crippen LogP contribution is -2.43. The van der Waals surface area contributed by atoms with Crippen molar-refractivity contribution in [3.63, 3.8) is 0 Å². The van der Waals surface area contributed by atoms with Crippen LogP contribution in [-0.2, 0) is 5.41 Å². The molecule has 0 aromatic carbocycles.